The average molecular weight is 367 g/mol. The van der Waals surface area contributed by atoms with Crippen molar-refractivity contribution in [3.63, 3.8) is 0 Å². The van der Waals surface area contributed by atoms with Gasteiger partial charge in [-0.25, -0.2) is 17.5 Å². The van der Waals surface area contributed by atoms with Crippen molar-refractivity contribution in [1.82, 2.24) is 4.72 Å². The second-order valence-corrected chi connectivity index (χ2v) is 7.50. The van der Waals surface area contributed by atoms with Gasteiger partial charge in [0.25, 0.3) is 0 Å². The molecule has 0 saturated heterocycles. The van der Waals surface area contributed by atoms with Crippen molar-refractivity contribution in [2.45, 2.75) is 30.3 Å². The Morgan fingerprint density at radius 1 is 1.45 bits per heavy atom. The van der Waals surface area contributed by atoms with Crippen LogP contribution in [-0.2, 0) is 10.0 Å². The van der Waals surface area contributed by atoms with Gasteiger partial charge in [-0.3, -0.25) is 0 Å². The smallest absolute Gasteiger partial charge is 0.242 e. The topological polar surface area (TPSA) is 92.4 Å². The maximum atomic E-state index is 13.3. The standard InChI is InChI=1S/C12H16BrFN2O3S/c13-8-4-12(10(15)5-9(8)14)20(18,19)16-6-7-2-1-3-11(7)17/h4-5,7,11,16-17H,1-3,6,15H2. The Morgan fingerprint density at radius 2 is 2.15 bits per heavy atom. The SMILES string of the molecule is Nc1cc(F)c(Br)cc1S(=O)(=O)NCC1CCCC1O. The van der Waals surface area contributed by atoms with E-state index in [0.717, 1.165) is 25.0 Å². The summed E-state index contributed by atoms with van der Waals surface area (Å²) in [6.45, 7) is 0.151. The maximum absolute atomic E-state index is 13.3. The molecule has 0 amide bonds. The van der Waals surface area contributed by atoms with Crippen molar-refractivity contribution in [3.05, 3.63) is 22.4 Å². The number of hydrogen-bond donors (Lipinski definition) is 3. The predicted molar refractivity (Wildman–Crippen MR) is 77.0 cm³/mol. The molecular formula is C12H16BrFN2O3S. The number of nitrogens with two attached hydrogens (primary N) is 1. The van der Waals surface area contributed by atoms with E-state index in [0.29, 0.717) is 6.42 Å². The molecule has 1 aliphatic rings. The summed E-state index contributed by atoms with van der Waals surface area (Å²) in [4.78, 5) is -0.168. The number of nitrogens with one attached hydrogen (secondary N) is 1. The quantitative estimate of drug-likeness (QED) is 0.705. The molecule has 2 atom stereocenters. The van der Waals surface area contributed by atoms with Crippen molar-refractivity contribution < 1.29 is 17.9 Å². The summed E-state index contributed by atoms with van der Waals surface area (Å²) in [5.74, 6) is -0.706. The van der Waals surface area contributed by atoms with Crippen LogP contribution >= 0.6 is 15.9 Å². The molecule has 1 aromatic rings. The van der Waals surface area contributed by atoms with Crippen molar-refractivity contribution in [2.24, 2.45) is 5.92 Å². The van der Waals surface area contributed by atoms with Gasteiger partial charge < -0.3 is 10.8 Å². The molecule has 1 aliphatic carbocycles. The number of rotatable bonds is 4. The van der Waals surface area contributed by atoms with E-state index in [9.17, 15) is 17.9 Å². The Hall–Kier alpha value is -0.700. The number of sulfonamides is 1. The Bertz CT molecular complexity index is 609. The molecule has 0 aliphatic heterocycles. The average Bonchev–Trinajstić information content (AvgIpc) is 2.77. The van der Waals surface area contributed by atoms with Crippen LogP contribution < -0.4 is 10.5 Å². The molecule has 20 heavy (non-hydrogen) atoms. The molecule has 8 heteroatoms. The number of benzene rings is 1. The second-order valence-electron chi connectivity index (χ2n) is 4.91. The molecule has 0 bridgehead atoms. The van der Waals surface area contributed by atoms with E-state index in [1.165, 1.54) is 0 Å². The molecular weight excluding hydrogens is 351 g/mol. The van der Waals surface area contributed by atoms with Crippen LogP contribution in [0.25, 0.3) is 0 Å². The van der Waals surface area contributed by atoms with Gasteiger partial charge in [-0.05, 0) is 46.8 Å². The van der Waals surface area contributed by atoms with E-state index in [1.54, 1.807) is 0 Å². The largest absolute Gasteiger partial charge is 0.398 e. The fraction of sp³-hybridized carbons (Fsp3) is 0.500. The zero-order valence-corrected chi connectivity index (χ0v) is 13.0. The van der Waals surface area contributed by atoms with Crippen LogP contribution in [0.2, 0.25) is 0 Å². The molecule has 1 saturated carbocycles. The summed E-state index contributed by atoms with van der Waals surface area (Å²) in [5.41, 5.74) is 5.41. The van der Waals surface area contributed by atoms with Crippen LogP contribution in [0.1, 0.15) is 19.3 Å². The van der Waals surface area contributed by atoms with Crippen molar-refractivity contribution >= 4 is 31.6 Å². The maximum Gasteiger partial charge on any atom is 0.242 e. The highest BCUT2D eigenvalue weighted by Crippen LogP contribution is 2.28. The fourth-order valence-electron chi connectivity index (χ4n) is 2.33. The van der Waals surface area contributed by atoms with Gasteiger partial charge in [0.05, 0.1) is 16.3 Å². The van der Waals surface area contributed by atoms with Crippen LogP contribution in [0.4, 0.5) is 10.1 Å². The van der Waals surface area contributed by atoms with E-state index in [4.69, 9.17) is 5.73 Å². The summed E-state index contributed by atoms with van der Waals surface area (Å²) in [6, 6.07) is 2.10. The molecule has 0 aromatic heterocycles. The van der Waals surface area contributed by atoms with Gasteiger partial charge >= 0.3 is 0 Å². The third kappa shape index (κ3) is 3.30. The summed E-state index contributed by atoms with van der Waals surface area (Å²) in [6.07, 6.45) is 1.88. The zero-order valence-electron chi connectivity index (χ0n) is 10.6. The van der Waals surface area contributed by atoms with Crippen molar-refractivity contribution in [2.75, 3.05) is 12.3 Å². The third-order valence-corrected chi connectivity index (χ3v) is 5.58. The highest BCUT2D eigenvalue weighted by atomic mass is 79.9. The summed E-state index contributed by atoms with van der Waals surface area (Å²) in [7, 11) is -3.82. The van der Waals surface area contributed by atoms with Gasteiger partial charge in [-0.1, -0.05) is 6.42 Å². The highest BCUT2D eigenvalue weighted by molar-refractivity contribution is 9.10. The molecule has 0 spiro atoms. The predicted octanol–water partition coefficient (Wildman–Crippen LogP) is 1.61. The molecule has 2 unspecified atom stereocenters. The van der Waals surface area contributed by atoms with E-state index in [1.807, 2.05) is 0 Å². The zero-order chi connectivity index (χ0) is 14.9. The first-order chi connectivity index (χ1) is 9.31. The van der Waals surface area contributed by atoms with Gasteiger partial charge in [0.2, 0.25) is 10.0 Å². The molecule has 5 nitrogen and oxygen atoms in total. The second kappa shape index (κ2) is 5.97. The Balaban J connectivity index is 2.16. The van der Waals surface area contributed by atoms with Gasteiger partial charge in [-0.15, -0.1) is 0 Å². The normalized spacial score (nSPS) is 23.1. The summed E-state index contributed by atoms with van der Waals surface area (Å²) < 4.78 is 40.0. The third-order valence-electron chi connectivity index (χ3n) is 3.50. The molecule has 1 fully saturated rings. The van der Waals surface area contributed by atoms with Crippen LogP contribution in [0.5, 0.6) is 0 Å². The summed E-state index contributed by atoms with van der Waals surface area (Å²) in [5, 5.41) is 9.67. The Morgan fingerprint density at radius 3 is 2.75 bits per heavy atom. The number of anilines is 1. The minimum Gasteiger partial charge on any atom is -0.398 e. The van der Waals surface area contributed by atoms with E-state index in [2.05, 4.69) is 20.7 Å². The van der Waals surface area contributed by atoms with Crippen molar-refractivity contribution in [3.8, 4) is 0 Å². The van der Waals surface area contributed by atoms with E-state index < -0.39 is 21.9 Å². The molecule has 1 aromatic carbocycles. The minimum atomic E-state index is -3.82. The van der Waals surface area contributed by atoms with E-state index in [-0.39, 0.29) is 27.5 Å². The van der Waals surface area contributed by atoms with Crippen LogP contribution in [-0.4, -0.2) is 26.2 Å². The van der Waals surface area contributed by atoms with Crippen molar-refractivity contribution in [1.29, 1.82) is 0 Å². The first kappa shape index (κ1) is 15.7. The monoisotopic (exact) mass is 366 g/mol. The molecule has 112 valence electrons. The number of halogens is 2. The number of aliphatic hydroxyl groups excluding tert-OH is 1. The molecule has 0 radical (unpaired) electrons. The highest BCUT2D eigenvalue weighted by Gasteiger charge is 2.27. The van der Waals surface area contributed by atoms with Gasteiger partial charge in [0.1, 0.15) is 10.7 Å². The lowest BCUT2D eigenvalue weighted by molar-refractivity contribution is 0.134. The molecule has 0 heterocycles. The van der Waals surface area contributed by atoms with Gasteiger partial charge in [0, 0.05) is 6.54 Å². The first-order valence-electron chi connectivity index (χ1n) is 6.23. The molecule has 4 N–H and O–H groups in total. The lowest BCUT2D eigenvalue weighted by Crippen LogP contribution is -2.32. The lowest BCUT2D eigenvalue weighted by atomic mass is 10.1. The van der Waals surface area contributed by atoms with Crippen LogP contribution in [0.3, 0.4) is 0 Å². The first-order valence-corrected chi connectivity index (χ1v) is 8.51. The minimum absolute atomic E-state index is 0.0352. The van der Waals surface area contributed by atoms with Gasteiger partial charge in [0.15, 0.2) is 0 Å². The van der Waals surface area contributed by atoms with E-state index >= 15 is 0 Å². The fourth-order valence-corrected chi connectivity index (χ4v) is 4.05. The van der Waals surface area contributed by atoms with Crippen LogP contribution in [0, 0.1) is 11.7 Å². The Kier molecular flexibility index (Phi) is 4.68. The van der Waals surface area contributed by atoms with Crippen LogP contribution in [0.15, 0.2) is 21.5 Å². The van der Waals surface area contributed by atoms with Gasteiger partial charge in [-0.2, -0.15) is 0 Å². The lowest BCUT2D eigenvalue weighted by Gasteiger charge is -2.16. The number of nitrogen functional groups attached to an aromatic ring is 1. The number of hydrogen-bond acceptors (Lipinski definition) is 4. The Labute approximate surface area is 125 Å². The number of aliphatic hydroxyl groups is 1. The summed E-state index contributed by atoms with van der Waals surface area (Å²) >= 11 is 2.94. The molecule has 2 rings (SSSR count).